The fourth-order valence-corrected chi connectivity index (χ4v) is 4.79. The lowest BCUT2D eigenvalue weighted by atomic mass is 9.81. The summed E-state index contributed by atoms with van der Waals surface area (Å²) < 4.78 is 6.23. The van der Waals surface area contributed by atoms with E-state index in [2.05, 4.69) is 11.6 Å². The lowest BCUT2D eigenvalue weighted by Crippen LogP contribution is -2.25. The molecular formula is C20H20N2O3S. The molecule has 1 aromatic carbocycles. The molecule has 0 spiro atoms. The first-order valence-electron chi connectivity index (χ1n) is 8.86. The van der Waals surface area contributed by atoms with Crippen LogP contribution in [0.5, 0.6) is 0 Å². The van der Waals surface area contributed by atoms with Crippen molar-refractivity contribution in [2.24, 2.45) is 5.92 Å². The third-order valence-corrected chi connectivity index (χ3v) is 6.12. The Kier molecular flexibility index (Phi) is 4.59. The summed E-state index contributed by atoms with van der Waals surface area (Å²) in [6.07, 6.45) is 4.75. The maximum atomic E-state index is 12.6. The number of hydrogen-bond acceptors (Lipinski definition) is 5. The van der Waals surface area contributed by atoms with E-state index in [0.717, 1.165) is 46.4 Å². The average molecular weight is 368 g/mol. The van der Waals surface area contributed by atoms with Gasteiger partial charge in [0.15, 0.2) is 0 Å². The van der Waals surface area contributed by atoms with Crippen LogP contribution in [0.3, 0.4) is 0 Å². The highest BCUT2D eigenvalue weighted by Gasteiger charge is 2.29. The largest absolute Gasteiger partial charge is 0.461 e. The highest BCUT2D eigenvalue weighted by molar-refractivity contribution is 7.25. The summed E-state index contributed by atoms with van der Waals surface area (Å²) in [7, 11) is 0. The lowest BCUT2D eigenvalue weighted by molar-refractivity contribution is -0.148. The Hall–Kier alpha value is -2.47. The number of ether oxygens (including phenoxy) is 1. The molecule has 26 heavy (non-hydrogen) atoms. The van der Waals surface area contributed by atoms with Crippen LogP contribution in [0.25, 0.3) is 20.3 Å². The molecule has 0 atom stereocenters. The van der Waals surface area contributed by atoms with Crippen LogP contribution in [0, 0.1) is 5.92 Å². The van der Waals surface area contributed by atoms with Crippen LogP contribution < -0.4 is 5.56 Å². The van der Waals surface area contributed by atoms with Crippen molar-refractivity contribution in [3.8, 4) is 0 Å². The van der Waals surface area contributed by atoms with E-state index in [1.807, 2.05) is 24.3 Å². The zero-order valence-corrected chi connectivity index (χ0v) is 15.2. The number of hydrogen-bond donors (Lipinski definition) is 1. The minimum Gasteiger partial charge on any atom is -0.461 e. The van der Waals surface area contributed by atoms with Crippen molar-refractivity contribution < 1.29 is 9.53 Å². The number of H-pyrrole nitrogens is 1. The number of aromatic nitrogens is 2. The zero-order chi connectivity index (χ0) is 18.1. The van der Waals surface area contributed by atoms with Gasteiger partial charge in [-0.25, -0.2) is 4.98 Å². The second kappa shape index (κ2) is 7.03. The van der Waals surface area contributed by atoms with Gasteiger partial charge in [0.05, 0.1) is 11.3 Å². The first-order valence-corrected chi connectivity index (χ1v) is 9.68. The smallest absolute Gasteiger partial charge is 0.309 e. The molecule has 1 saturated carbocycles. The first-order chi connectivity index (χ1) is 12.7. The van der Waals surface area contributed by atoms with E-state index >= 15 is 0 Å². The van der Waals surface area contributed by atoms with E-state index in [4.69, 9.17) is 9.72 Å². The maximum Gasteiger partial charge on any atom is 0.309 e. The van der Waals surface area contributed by atoms with Crippen molar-refractivity contribution in [2.75, 3.05) is 6.61 Å². The molecule has 5 nitrogen and oxygen atoms in total. The van der Waals surface area contributed by atoms with Crippen molar-refractivity contribution >= 4 is 37.6 Å². The van der Waals surface area contributed by atoms with Gasteiger partial charge in [0, 0.05) is 16.0 Å². The summed E-state index contributed by atoms with van der Waals surface area (Å²) in [5, 5.41) is 1.64. The third kappa shape index (κ3) is 3.05. The summed E-state index contributed by atoms with van der Waals surface area (Å²) in [5.74, 6) is 0.712. The average Bonchev–Trinajstić information content (AvgIpc) is 3.05. The van der Waals surface area contributed by atoms with Crippen LogP contribution in [-0.2, 0) is 9.53 Å². The van der Waals surface area contributed by atoms with Crippen LogP contribution >= 0.6 is 11.3 Å². The van der Waals surface area contributed by atoms with Crippen LogP contribution in [0.4, 0.5) is 0 Å². The van der Waals surface area contributed by atoms with Gasteiger partial charge in [-0.1, -0.05) is 30.9 Å². The van der Waals surface area contributed by atoms with Crippen molar-refractivity contribution in [1.29, 1.82) is 0 Å². The number of esters is 1. The molecule has 0 amide bonds. The summed E-state index contributed by atoms with van der Waals surface area (Å²) in [4.78, 5) is 33.1. The molecule has 1 N–H and O–H groups in total. The zero-order valence-electron chi connectivity index (χ0n) is 14.4. The highest BCUT2D eigenvalue weighted by Crippen LogP contribution is 2.36. The van der Waals surface area contributed by atoms with Gasteiger partial charge in [0.1, 0.15) is 17.3 Å². The summed E-state index contributed by atoms with van der Waals surface area (Å²) in [5.41, 5.74) is -0.0741. The van der Waals surface area contributed by atoms with E-state index in [-0.39, 0.29) is 30.0 Å². The van der Waals surface area contributed by atoms with Crippen molar-refractivity contribution in [3.05, 3.63) is 53.1 Å². The minimum atomic E-state index is -0.148. The van der Waals surface area contributed by atoms with E-state index in [0.29, 0.717) is 5.39 Å². The Labute approximate surface area is 154 Å². The van der Waals surface area contributed by atoms with Crippen molar-refractivity contribution in [3.63, 3.8) is 0 Å². The third-order valence-electron chi connectivity index (χ3n) is 5.06. The van der Waals surface area contributed by atoms with Gasteiger partial charge in [0.25, 0.3) is 5.56 Å². The topological polar surface area (TPSA) is 72.0 Å². The first kappa shape index (κ1) is 17.0. The summed E-state index contributed by atoms with van der Waals surface area (Å²) in [6, 6.07) is 7.89. The number of nitrogens with zero attached hydrogens (tertiary/aromatic N) is 1. The molecule has 0 unspecified atom stereocenters. The summed E-state index contributed by atoms with van der Waals surface area (Å²) in [6.45, 7) is 3.82. The van der Waals surface area contributed by atoms with Gasteiger partial charge < -0.3 is 9.72 Å². The SMILES string of the molecule is C=CCOC(=O)C1CCC(c2nc3sc4ccccc4c3c(=O)[nH]2)CC1. The molecule has 1 aliphatic carbocycles. The lowest BCUT2D eigenvalue weighted by Gasteiger charge is -2.26. The number of fused-ring (bicyclic) bond motifs is 3. The van der Waals surface area contributed by atoms with E-state index in [1.54, 1.807) is 17.4 Å². The molecule has 0 radical (unpaired) electrons. The molecule has 0 aliphatic heterocycles. The standard InChI is InChI=1S/C20H20N2O3S/c1-2-11-25-20(24)13-9-7-12(8-10-13)17-21-18(23)16-14-5-3-4-6-15(14)26-19(16)22-17/h2-6,12-13H,1,7-11H2,(H,21,22,23). The molecule has 1 fully saturated rings. The summed E-state index contributed by atoms with van der Waals surface area (Å²) >= 11 is 1.55. The maximum absolute atomic E-state index is 12.6. The van der Waals surface area contributed by atoms with Crippen LogP contribution in [0.15, 0.2) is 41.7 Å². The van der Waals surface area contributed by atoms with Gasteiger partial charge >= 0.3 is 5.97 Å². The fourth-order valence-electron chi connectivity index (χ4n) is 3.70. The predicted octanol–water partition coefficient (Wildman–Crippen LogP) is 4.14. The number of nitrogens with one attached hydrogen (secondary N) is 1. The Morgan fingerprint density at radius 2 is 2.08 bits per heavy atom. The van der Waals surface area contributed by atoms with E-state index in [9.17, 15) is 9.59 Å². The quantitative estimate of drug-likeness (QED) is 0.555. The molecule has 0 saturated heterocycles. The van der Waals surface area contributed by atoms with Gasteiger partial charge in [-0.15, -0.1) is 11.3 Å². The molecular weight excluding hydrogens is 348 g/mol. The van der Waals surface area contributed by atoms with Gasteiger partial charge in [-0.2, -0.15) is 0 Å². The Morgan fingerprint density at radius 3 is 2.85 bits per heavy atom. The molecule has 2 aromatic heterocycles. The highest BCUT2D eigenvalue weighted by atomic mass is 32.1. The Balaban J connectivity index is 1.56. The van der Waals surface area contributed by atoms with Gasteiger partial charge in [-0.05, 0) is 31.7 Å². The van der Waals surface area contributed by atoms with Gasteiger partial charge in [-0.3, -0.25) is 9.59 Å². The second-order valence-electron chi connectivity index (χ2n) is 6.70. The van der Waals surface area contributed by atoms with Crippen LogP contribution in [-0.4, -0.2) is 22.5 Å². The molecule has 3 aromatic rings. The van der Waals surface area contributed by atoms with Gasteiger partial charge in [0.2, 0.25) is 0 Å². The van der Waals surface area contributed by atoms with Crippen LogP contribution in [0.1, 0.15) is 37.4 Å². The van der Waals surface area contributed by atoms with E-state index < -0.39 is 0 Å². The number of rotatable bonds is 4. The molecule has 134 valence electrons. The monoisotopic (exact) mass is 368 g/mol. The van der Waals surface area contributed by atoms with Crippen molar-refractivity contribution in [1.82, 2.24) is 9.97 Å². The fraction of sp³-hybridized carbons (Fsp3) is 0.350. The number of carbonyl (C=O) groups excluding carboxylic acids is 1. The van der Waals surface area contributed by atoms with Crippen LogP contribution in [0.2, 0.25) is 0 Å². The Bertz CT molecular complexity index is 1030. The number of aromatic amines is 1. The van der Waals surface area contributed by atoms with E-state index in [1.165, 1.54) is 0 Å². The normalized spacial score (nSPS) is 20.3. The molecule has 1 aliphatic rings. The second-order valence-corrected chi connectivity index (χ2v) is 7.73. The predicted molar refractivity (Wildman–Crippen MR) is 104 cm³/mol. The number of carbonyl (C=O) groups is 1. The minimum absolute atomic E-state index is 0.0639. The molecule has 4 rings (SSSR count). The van der Waals surface area contributed by atoms with Crippen molar-refractivity contribution in [2.45, 2.75) is 31.6 Å². The Morgan fingerprint density at radius 1 is 1.31 bits per heavy atom. The molecule has 2 heterocycles. The molecule has 0 bridgehead atoms. The number of benzene rings is 1. The number of thiophene rings is 1. The molecule has 6 heteroatoms.